The first kappa shape index (κ1) is 19.3. The lowest BCUT2D eigenvalue weighted by Gasteiger charge is -2.31. The SMILES string of the molecule is CCC1NNC(C(=O)NCC(c2ccccc2)N2CCCCCC2)C1C. The number of amides is 1. The Labute approximate surface area is 157 Å². The van der Waals surface area contributed by atoms with Crippen LogP contribution in [0.4, 0.5) is 0 Å². The Morgan fingerprint density at radius 2 is 1.85 bits per heavy atom. The van der Waals surface area contributed by atoms with Gasteiger partial charge in [0.05, 0.1) is 6.04 Å². The number of nitrogens with zero attached hydrogens (tertiary/aromatic N) is 1. The van der Waals surface area contributed by atoms with E-state index in [4.69, 9.17) is 0 Å². The molecule has 2 aliphatic rings. The number of rotatable bonds is 6. The van der Waals surface area contributed by atoms with Gasteiger partial charge in [-0.25, -0.2) is 5.43 Å². The summed E-state index contributed by atoms with van der Waals surface area (Å²) >= 11 is 0. The number of carbonyl (C=O) groups excluding carboxylic acids is 1. The molecule has 2 fully saturated rings. The zero-order valence-corrected chi connectivity index (χ0v) is 16.2. The van der Waals surface area contributed by atoms with Crippen molar-refractivity contribution in [2.75, 3.05) is 19.6 Å². The molecule has 1 aromatic carbocycles. The number of carbonyl (C=O) groups is 1. The molecule has 4 unspecified atom stereocenters. The highest BCUT2D eigenvalue weighted by Crippen LogP contribution is 2.24. The molecule has 5 heteroatoms. The molecule has 1 aromatic rings. The van der Waals surface area contributed by atoms with E-state index in [1.54, 1.807) is 0 Å². The molecule has 0 bridgehead atoms. The molecule has 26 heavy (non-hydrogen) atoms. The van der Waals surface area contributed by atoms with Gasteiger partial charge in [-0.15, -0.1) is 0 Å². The maximum absolute atomic E-state index is 12.8. The highest BCUT2D eigenvalue weighted by molar-refractivity contribution is 5.82. The molecule has 144 valence electrons. The van der Waals surface area contributed by atoms with Crippen molar-refractivity contribution in [1.29, 1.82) is 0 Å². The van der Waals surface area contributed by atoms with E-state index in [9.17, 15) is 4.79 Å². The van der Waals surface area contributed by atoms with E-state index in [0.29, 0.717) is 18.5 Å². The van der Waals surface area contributed by atoms with Crippen LogP contribution in [-0.4, -0.2) is 42.5 Å². The normalized spacial score (nSPS) is 28.5. The van der Waals surface area contributed by atoms with Crippen LogP contribution < -0.4 is 16.2 Å². The standard InChI is InChI=1S/C21H34N4O/c1-3-18-16(2)20(24-23-18)21(26)22-15-19(17-11-7-6-8-12-17)25-13-9-4-5-10-14-25/h6-8,11-12,16,18-20,23-24H,3-5,9-10,13-15H2,1-2H3,(H,22,26). The molecule has 2 saturated heterocycles. The zero-order valence-electron chi connectivity index (χ0n) is 16.2. The summed E-state index contributed by atoms with van der Waals surface area (Å²) in [5, 5.41) is 3.23. The molecular formula is C21H34N4O. The largest absolute Gasteiger partial charge is 0.353 e. The van der Waals surface area contributed by atoms with Gasteiger partial charge in [0.15, 0.2) is 0 Å². The summed E-state index contributed by atoms with van der Waals surface area (Å²) in [6, 6.07) is 11.1. The van der Waals surface area contributed by atoms with Gasteiger partial charge >= 0.3 is 0 Å². The van der Waals surface area contributed by atoms with Crippen LogP contribution in [0.3, 0.4) is 0 Å². The average molecular weight is 359 g/mol. The first-order valence-corrected chi connectivity index (χ1v) is 10.3. The van der Waals surface area contributed by atoms with Crippen LogP contribution in [-0.2, 0) is 4.79 Å². The second kappa shape index (κ2) is 9.49. The average Bonchev–Trinajstić information content (AvgIpc) is 2.86. The monoisotopic (exact) mass is 358 g/mol. The number of hydrogen-bond donors (Lipinski definition) is 3. The lowest BCUT2D eigenvalue weighted by molar-refractivity contribution is -0.124. The van der Waals surface area contributed by atoms with Crippen molar-refractivity contribution < 1.29 is 4.79 Å². The maximum Gasteiger partial charge on any atom is 0.238 e. The minimum Gasteiger partial charge on any atom is -0.353 e. The molecule has 0 aromatic heterocycles. The number of nitrogens with one attached hydrogen (secondary N) is 3. The van der Waals surface area contributed by atoms with Crippen molar-refractivity contribution >= 4 is 5.91 Å². The van der Waals surface area contributed by atoms with Gasteiger partial charge in [-0.05, 0) is 43.8 Å². The summed E-state index contributed by atoms with van der Waals surface area (Å²) in [5.41, 5.74) is 7.74. The summed E-state index contributed by atoms with van der Waals surface area (Å²) in [6.45, 7) is 7.21. The molecule has 4 atom stereocenters. The molecule has 2 heterocycles. The van der Waals surface area contributed by atoms with E-state index in [2.05, 4.69) is 65.2 Å². The minimum atomic E-state index is -0.152. The maximum atomic E-state index is 12.8. The third-order valence-corrected chi connectivity index (χ3v) is 6.04. The van der Waals surface area contributed by atoms with Crippen molar-refractivity contribution in [3.8, 4) is 0 Å². The number of benzene rings is 1. The molecule has 1 amide bonds. The van der Waals surface area contributed by atoms with E-state index in [1.165, 1.54) is 31.2 Å². The highest BCUT2D eigenvalue weighted by Gasteiger charge is 2.36. The number of hydrogen-bond acceptors (Lipinski definition) is 4. The summed E-state index contributed by atoms with van der Waals surface area (Å²) in [7, 11) is 0. The van der Waals surface area contributed by atoms with Gasteiger partial charge in [-0.1, -0.05) is 57.0 Å². The minimum absolute atomic E-state index is 0.108. The lowest BCUT2D eigenvalue weighted by Crippen LogP contribution is -2.47. The van der Waals surface area contributed by atoms with Crippen LogP contribution in [0.1, 0.15) is 57.6 Å². The van der Waals surface area contributed by atoms with Crippen LogP contribution in [0, 0.1) is 5.92 Å². The zero-order chi connectivity index (χ0) is 18.4. The Kier molecular flexibility index (Phi) is 7.06. The summed E-state index contributed by atoms with van der Waals surface area (Å²) < 4.78 is 0. The first-order chi connectivity index (χ1) is 12.7. The second-order valence-corrected chi connectivity index (χ2v) is 7.76. The molecule has 0 saturated carbocycles. The number of hydrazine groups is 1. The highest BCUT2D eigenvalue weighted by atomic mass is 16.2. The van der Waals surface area contributed by atoms with Crippen LogP contribution in [0.5, 0.6) is 0 Å². The Morgan fingerprint density at radius 1 is 1.15 bits per heavy atom. The van der Waals surface area contributed by atoms with E-state index in [1.807, 2.05) is 0 Å². The summed E-state index contributed by atoms with van der Waals surface area (Å²) in [4.78, 5) is 15.3. The number of likely N-dealkylation sites (tertiary alicyclic amines) is 1. The van der Waals surface area contributed by atoms with Gasteiger partial charge in [0.1, 0.15) is 6.04 Å². The molecule has 3 N–H and O–H groups in total. The molecule has 0 aliphatic carbocycles. The van der Waals surface area contributed by atoms with E-state index in [-0.39, 0.29) is 18.0 Å². The third kappa shape index (κ3) is 4.64. The summed E-state index contributed by atoms with van der Waals surface area (Å²) in [5.74, 6) is 0.407. The lowest BCUT2D eigenvalue weighted by atomic mass is 9.94. The Hall–Kier alpha value is -1.43. The molecule has 2 aliphatic heterocycles. The van der Waals surface area contributed by atoms with Gasteiger partial charge in [-0.2, -0.15) is 0 Å². The van der Waals surface area contributed by atoms with Gasteiger partial charge in [0.25, 0.3) is 0 Å². The predicted octanol–water partition coefficient (Wildman–Crippen LogP) is 2.61. The third-order valence-electron chi connectivity index (χ3n) is 6.04. The van der Waals surface area contributed by atoms with Crippen molar-refractivity contribution in [3.05, 3.63) is 35.9 Å². The van der Waals surface area contributed by atoms with Crippen molar-refractivity contribution in [3.63, 3.8) is 0 Å². The summed E-state index contributed by atoms with van der Waals surface area (Å²) in [6.07, 6.45) is 6.16. The second-order valence-electron chi connectivity index (χ2n) is 7.76. The van der Waals surface area contributed by atoms with E-state index in [0.717, 1.165) is 19.5 Å². The van der Waals surface area contributed by atoms with E-state index >= 15 is 0 Å². The van der Waals surface area contributed by atoms with Gasteiger partial charge in [0, 0.05) is 12.6 Å². The quantitative estimate of drug-likeness (QED) is 0.732. The topological polar surface area (TPSA) is 56.4 Å². The Bertz CT molecular complexity index is 556. The Morgan fingerprint density at radius 3 is 2.46 bits per heavy atom. The molecule has 5 nitrogen and oxygen atoms in total. The molecule has 3 rings (SSSR count). The van der Waals surface area contributed by atoms with Crippen molar-refractivity contribution in [2.24, 2.45) is 5.92 Å². The fraction of sp³-hybridized carbons (Fsp3) is 0.667. The first-order valence-electron chi connectivity index (χ1n) is 10.3. The van der Waals surface area contributed by atoms with Crippen molar-refractivity contribution in [2.45, 2.75) is 64.1 Å². The van der Waals surface area contributed by atoms with E-state index < -0.39 is 0 Å². The van der Waals surface area contributed by atoms with Gasteiger partial charge < -0.3 is 5.32 Å². The van der Waals surface area contributed by atoms with Crippen LogP contribution >= 0.6 is 0 Å². The van der Waals surface area contributed by atoms with Gasteiger partial charge in [0.2, 0.25) is 5.91 Å². The van der Waals surface area contributed by atoms with Crippen LogP contribution in [0.2, 0.25) is 0 Å². The van der Waals surface area contributed by atoms with Crippen LogP contribution in [0.25, 0.3) is 0 Å². The molecular weight excluding hydrogens is 324 g/mol. The van der Waals surface area contributed by atoms with Gasteiger partial charge in [-0.3, -0.25) is 15.1 Å². The van der Waals surface area contributed by atoms with Crippen molar-refractivity contribution in [1.82, 2.24) is 21.1 Å². The molecule has 0 spiro atoms. The smallest absolute Gasteiger partial charge is 0.238 e. The molecule has 0 radical (unpaired) electrons. The van der Waals surface area contributed by atoms with Crippen LogP contribution in [0.15, 0.2) is 30.3 Å². The predicted molar refractivity (Wildman–Crippen MR) is 106 cm³/mol. The fourth-order valence-corrected chi connectivity index (χ4v) is 4.32. The fourth-order valence-electron chi connectivity index (χ4n) is 4.32. The Balaban J connectivity index is 1.65.